The average molecular weight is 303 g/mol. The number of anilines is 2. The molecule has 1 fully saturated rings. The van der Waals surface area contributed by atoms with Crippen LogP contribution in [0.1, 0.15) is 13.8 Å². The summed E-state index contributed by atoms with van der Waals surface area (Å²) in [5.41, 5.74) is 3.42. The first-order chi connectivity index (χ1) is 10.7. The minimum atomic E-state index is 0.177. The van der Waals surface area contributed by atoms with Gasteiger partial charge in [0.1, 0.15) is 11.6 Å². The zero-order valence-corrected chi connectivity index (χ0v) is 12.9. The van der Waals surface area contributed by atoms with E-state index in [9.17, 15) is 5.11 Å². The van der Waals surface area contributed by atoms with Crippen LogP contribution in [0, 0.1) is 0 Å². The Morgan fingerprint density at radius 1 is 1.45 bits per heavy atom. The van der Waals surface area contributed by atoms with E-state index in [-0.39, 0.29) is 5.76 Å². The van der Waals surface area contributed by atoms with Crippen LogP contribution in [0.2, 0.25) is 0 Å². The lowest BCUT2D eigenvalue weighted by molar-refractivity contribution is 0.122. The molecule has 1 aliphatic heterocycles. The summed E-state index contributed by atoms with van der Waals surface area (Å²) >= 11 is 0. The maximum Gasteiger partial charge on any atom is 0.245 e. The van der Waals surface area contributed by atoms with E-state index in [2.05, 4.69) is 25.4 Å². The molecule has 2 N–H and O–H groups in total. The number of nitrogens with zero attached hydrogens (tertiary/aromatic N) is 4. The molecule has 0 radical (unpaired) electrons. The fourth-order valence-electron chi connectivity index (χ4n) is 1.91. The number of hydrogen-bond donors (Lipinski definition) is 2. The van der Waals surface area contributed by atoms with E-state index in [1.807, 2.05) is 13.0 Å². The molecule has 0 aliphatic carbocycles. The van der Waals surface area contributed by atoms with Gasteiger partial charge in [-0.05, 0) is 26.0 Å². The number of hydrogen-bond acceptors (Lipinski definition) is 7. The number of aromatic nitrogens is 2. The fraction of sp³-hybridized carbons (Fsp3) is 0.400. The van der Waals surface area contributed by atoms with Gasteiger partial charge in [-0.2, -0.15) is 10.1 Å². The molecule has 22 heavy (non-hydrogen) atoms. The van der Waals surface area contributed by atoms with Crippen LogP contribution in [0.3, 0.4) is 0 Å². The Kier molecular flexibility index (Phi) is 5.91. The van der Waals surface area contributed by atoms with Crippen LogP contribution < -0.4 is 10.3 Å². The standard InChI is InChI=1S/C15H21N5O2/c1-3-4-13(21)12(2)11-17-19-15-16-6-5-14(18-15)20-7-9-22-10-8-20/h3-6,11,21H,7-10H2,1-2H3,(H,16,18,19)/b4-3-,13-12-,17-11+. The molecule has 1 saturated heterocycles. The van der Waals surface area contributed by atoms with Crippen molar-refractivity contribution in [1.29, 1.82) is 0 Å². The van der Waals surface area contributed by atoms with Gasteiger partial charge < -0.3 is 14.7 Å². The molecule has 0 spiro atoms. The van der Waals surface area contributed by atoms with E-state index in [0.29, 0.717) is 24.7 Å². The van der Waals surface area contributed by atoms with E-state index in [4.69, 9.17) is 4.74 Å². The van der Waals surface area contributed by atoms with Crippen molar-refractivity contribution < 1.29 is 9.84 Å². The van der Waals surface area contributed by atoms with E-state index in [1.54, 1.807) is 25.3 Å². The lowest BCUT2D eigenvalue weighted by atomic mass is 10.2. The summed E-state index contributed by atoms with van der Waals surface area (Å²) < 4.78 is 5.33. The predicted octanol–water partition coefficient (Wildman–Crippen LogP) is 2.12. The molecule has 0 aromatic carbocycles. The van der Waals surface area contributed by atoms with Gasteiger partial charge in [0.05, 0.1) is 19.4 Å². The number of hydrazone groups is 1. The highest BCUT2D eigenvalue weighted by Gasteiger charge is 2.12. The van der Waals surface area contributed by atoms with E-state index in [1.165, 1.54) is 6.21 Å². The van der Waals surface area contributed by atoms with Crippen molar-refractivity contribution in [1.82, 2.24) is 9.97 Å². The van der Waals surface area contributed by atoms with Gasteiger partial charge in [0, 0.05) is 24.9 Å². The normalized spacial score (nSPS) is 17.1. The predicted molar refractivity (Wildman–Crippen MR) is 87.3 cm³/mol. The molecular formula is C15H21N5O2. The van der Waals surface area contributed by atoms with Crippen LogP contribution in [-0.4, -0.2) is 47.6 Å². The first-order valence-corrected chi connectivity index (χ1v) is 7.18. The first-order valence-electron chi connectivity index (χ1n) is 7.18. The molecule has 1 aromatic rings. The van der Waals surface area contributed by atoms with Crippen LogP contribution in [-0.2, 0) is 4.74 Å². The molecule has 7 heteroatoms. The van der Waals surface area contributed by atoms with Crippen LogP contribution in [0.5, 0.6) is 0 Å². The lowest BCUT2D eigenvalue weighted by Gasteiger charge is -2.27. The van der Waals surface area contributed by atoms with Gasteiger partial charge in [0.25, 0.3) is 0 Å². The quantitative estimate of drug-likeness (QED) is 0.375. The number of nitrogens with one attached hydrogen (secondary N) is 1. The zero-order valence-electron chi connectivity index (χ0n) is 12.9. The fourth-order valence-corrected chi connectivity index (χ4v) is 1.91. The molecule has 0 saturated carbocycles. The van der Waals surface area contributed by atoms with Gasteiger partial charge in [0.15, 0.2) is 0 Å². The number of rotatable bonds is 5. The molecule has 0 atom stereocenters. The third kappa shape index (κ3) is 4.56. The number of aliphatic hydroxyl groups is 1. The van der Waals surface area contributed by atoms with Crippen molar-refractivity contribution in [3.8, 4) is 0 Å². The van der Waals surface area contributed by atoms with Gasteiger partial charge in [-0.1, -0.05) is 6.08 Å². The number of aliphatic hydroxyl groups excluding tert-OH is 1. The Bertz CT molecular complexity index is 577. The maximum absolute atomic E-state index is 9.65. The first kappa shape index (κ1) is 16.0. The third-order valence-electron chi connectivity index (χ3n) is 3.13. The third-order valence-corrected chi connectivity index (χ3v) is 3.13. The molecule has 7 nitrogen and oxygen atoms in total. The summed E-state index contributed by atoms with van der Waals surface area (Å²) in [6.45, 7) is 6.66. The Balaban J connectivity index is 2.00. The summed E-state index contributed by atoms with van der Waals surface area (Å²) in [7, 11) is 0. The topological polar surface area (TPSA) is 82.9 Å². The monoisotopic (exact) mass is 303 g/mol. The van der Waals surface area contributed by atoms with Crippen LogP contribution in [0.25, 0.3) is 0 Å². The van der Waals surface area contributed by atoms with Gasteiger partial charge in [-0.15, -0.1) is 0 Å². The Hall–Kier alpha value is -2.41. The van der Waals surface area contributed by atoms with E-state index in [0.717, 1.165) is 18.9 Å². The highest BCUT2D eigenvalue weighted by atomic mass is 16.5. The van der Waals surface area contributed by atoms with Crippen molar-refractivity contribution in [2.24, 2.45) is 5.10 Å². The molecule has 1 aliphatic rings. The smallest absolute Gasteiger partial charge is 0.245 e. The minimum Gasteiger partial charge on any atom is -0.508 e. The molecule has 2 rings (SSSR count). The number of ether oxygens (including phenoxy) is 1. The van der Waals surface area contributed by atoms with Gasteiger partial charge in [-0.3, -0.25) is 0 Å². The molecule has 0 amide bonds. The summed E-state index contributed by atoms with van der Waals surface area (Å²) in [4.78, 5) is 10.7. The highest BCUT2D eigenvalue weighted by molar-refractivity contribution is 5.79. The van der Waals surface area contributed by atoms with Crippen molar-refractivity contribution in [2.75, 3.05) is 36.6 Å². The van der Waals surface area contributed by atoms with Crippen molar-refractivity contribution in [2.45, 2.75) is 13.8 Å². The van der Waals surface area contributed by atoms with Crippen molar-refractivity contribution in [3.63, 3.8) is 0 Å². The Labute approximate surface area is 130 Å². The average Bonchev–Trinajstić information content (AvgIpc) is 2.56. The van der Waals surface area contributed by atoms with Gasteiger partial charge in [-0.25, -0.2) is 10.4 Å². The molecule has 118 valence electrons. The van der Waals surface area contributed by atoms with E-state index < -0.39 is 0 Å². The van der Waals surface area contributed by atoms with Crippen LogP contribution >= 0.6 is 0 Å². The maximum atomic E-state index is 9.65. The second-order valence-corrected chi connectivity index (χ2v) is 4.78. The second-order valence-electron chi connectivity index (χ2n) is 4.78. The van der Waals surface area contributed by atoms with E-state index >= 15 is 0 Å². The van der Waals surface area contributed by atoms with Crippen molar-refractivity contribution >= 4 is 18.0 Å². The van der Waals surface area contributed by atoms with Crippen LogP contribution in [0.4, 0.5) is 11.8 Å². The Morgan fingerprint density at radius 3 is 2.95 bits per heavy atom. The molecule has 1 aromatic heterocycles. The number of allylic oxidation sites excluding steroid dienone is 3. The molecule has 0 unspecified atom stereocenters. The second kappa shape index (κ2) is 8.14. The summed E-state index contributed by atoms with van der Waals surface area (Å²) in [5.74, 6) is 1.44. The van der Waals surface area contributed by atoms with Gasteiger partial charge in [0.2, 0.25) is 5.95 Å². The highest BCUT2D eigenvalue weighted by Crippen LogP contribution is 2.13. The molecule has 0 bridgehead atoms. The van der Waals surface area contributed by atoms with Crippen LogP contribution in [0.15, 0.2) is 40.8 Å². The zero-order chi connectivity index (χ0) is 15.8. The summed E-state index contributed by atoms with van der Waals surface area (Å²) in [6, 6.07) is 1.86. The molecule has 2 heterocycles. The number of morpholine rings is 1. The largest absolute Gasteiger partial charge is 0.508 e. The summed E-state index contributed by atoms with van der Waals surface area (Å²) in [5, 5.41) is 13.7. The summed E-state index contributed by atoms with van der Waals surface area (Å²) in [6.07, 6.45) is 6.58. The molecular weight excluding hydrogens is 282 g/mol. The Morgan fingerprint density at radius 2 is 2.23 bits per heavy atom. The lowest BCUT2D eigenvalue weighted by Crippen LogP contribution is -2.36. The van der Waals surface area contributed by atoms with Gasteiger partial charge >= 0.3 is 0 Å². The minimum absolute atomic E-state index is 0.177. The SMILES string of the molecule is C\C=C/C(O)=C(C)/C=N/Nc1nccc(N2CCOCC2)n1. The van der Waals surface area contributed by atoms with Crippen molar-refractivity contribution in [3.05, 3.63) is 35.7 Å².